The molecule has 5 nitrogen and oxygen atoms in total. The molecule has 0 unspecified atom stereocenters. The maximum atomic E-state index is 10.8. The predicted molar refractivity (Wildman–Crippen MR) is 43.8 cm³/mol. The van der Waals surface area contributed by atoms with Gasteiger partial charge in [0.1, 0.15) is 6.04 Å². The van der Waals surface area contributed by atoms with E-state index in [4.69, 9.17) is 15.8 Å². The first-order chi connectivity index (χ1) is 5.57. The molecule has 0 bridgehead atoms. The van der Waals surface area contributed by atoms with E-state index in [0.717, 1.165) is 12.8 Å². The molecule has 0 fully saturated rings. The van der Waals surface area contributed by atoms with Crippen LogP contribution in [0, 0.1) is 0 Å². The first kappa shape index (κ1) is 11.4. The molecule has 0 spiro atoms. The van der Waals surface area contributed by atoms with Crippen LogP contribution in [0.2, 0.25) is 0 Å². The minimum Gasteiger partial charge on any atom is -0.484 e. The van der Waals surface area contributed by atoms with Crippen LogP contribution >= 0.6 is 0 Å². The van der Waals surface area contributed by atoms with Crippen molar-refractivity contribution in [3.05, 3.63) is 0 Å². The highest BCUT2D eigenvalue weighted by Gasteiger charge is 2.21. The summed E-state index contributed by atoms with van der Waals surface area (Å²) in [6.45, 7) is 1.97. The summed E-state index contributed by atoms with van der Waals surface area (Å²) in [6.07, 6.45) is 2.25. The van der Waals surface area contributed by atoms with Crippen molar-refractivity contribution in [2.75, 3.05) is 0 Å². The van der Waals surface area contributed by atoms with E-state index in [1.165, 1.54) is 0 Å². The van der Waals surface area contributed by atoms with Crippen LogP contribution in [0.15, 0.2) is 0 Å². The van der Waals surface area contributed by atoms with Crippen molar-refractivity contribution in [1.82, 2.24) is 0 Å². The molecule has 0 rings (SSSR count). The molecule has 0 radical (unpaired) electrons. The van der Waals surface area contributed by atoms with Crippen molar-refractivity contribution in [1.29, 1.82) is 0 Å². The van der Waals surface area contributed by atoms with Crippen LogP contribution in [-0.4, -0.2) is 29.4 Å². The van der Waals surface area contributed by atoms with E-state index in [2.05, 4.69) is 4.65 Å². The summed E-state index contributed by atoms with van der Waals surface area (Å²) in [5, 5.41) is 16.5. The van der Waals surface area contributed by atoms with Crippen LogP contribution in [0.25, 0.3) is 0 Å². The van der Waals surface area contributed by atoms with Gasteiger partial charge >= 0.3 is 13.3 Å². The minimum atomic E-state index is -2.06. The summed E-state index contributed by atoms with van der Waals surface area (Å²) in [5.41, 5.74) is 5.35. The number of carbonyl (C=O) groups is 1. The van der Waals surface area contributed by atoms with Crippen LogP contribution in [0.4, 0.5) is 0 Å². The van der Waals surface area contributed by atoms with Gasteiger partial charge in [0.25, 0.3) is 0 Å². The van der Waals surface area contributed by atoms with Crippen LogP contribution in [0.3, 0.4) is 0 Å². The van der Waals surface area contributed by atoms with Gasteiger partial charge in [-0.1, -0.05) is 19.8 Å². The Kier molecular flexibility index (Phi) is 5.70. The van der Waals surface area contributed by atoms with Crippen LogP contribution < -0.4 is 5.73 Å². The summed E-state index contributed by atoms with van der Waals surface area (Å²) >= 11 is 0. The molecule has 0 aromatic rings. The van der Waals surface area contributed by atoms with E-state index in [0.29, 0.717) is 6.42 Å². The second-order valence-electron chi connectivity index (χ2n) is 2.51. The molecule has 0 heterocycles. The van der Waals surface area contributed by atoms with E-state index < -0.39 is 19.3 Å². The summed E-state index contributed by atoms with van der Waals surface area (Å²) < 4.78 is 4.06. The third-order valence-electron chi connectivity index (χ3n) is 1.39. The third-order valence-corrected chi connectivity index (χ3v) is 1.39. The van der Waals surface area contributed by atoms with E-state index in [1.807, 2.05) is 6.92 Å². The molecule has 0 aromatic heterocycles. The fraction of sp³-hybridized carbons (Fsp3) is 0.833. The zero-order chi connectivity index (χ0) is 9.56. The van der Waals surface area contributed by atoms with Gasteiger partial charge in [-0.3, -0.25) is 4.79 Å². The highest BCUT2D eigenvalue weighted by atomic mass is 16.6. The Morgan fingerprint density at radius 3 is 2.67 bits per heavy atom. The molecule has 6 heteroatoms. The quantitative estimate of drug-likeness (QED) is 0.466. The van der Waals surface area contributed by atoms with Gasteiger partial charge in [0, 0.05) is 0 Å². The molecule has 0 aliphatic heterocycles. The molecule has 1 atom stereocenters. The second kappa shape index (κ2) is 5.99. The maximum absolute atomic E-state index is 10.8. The Hall–Kier alpha value is -0.585. The SMILES string of the molecule is CCCC[C@H](N)C(=O)OB(O)O. The number of carbonyl (C=O) groups excluding carboxylic acids is 1. The average Bonchev–Trinajstić information content (AvgIpc) is 1.98. The van der Waals surface area contributed by atoms with Gasteiger partial charge in [-0.25, -0.2) is 0 Å². The highest BCUT2D eigenvalue weighted by Crippen LogP contribution is 1.99. The molecular weight excluding hydrogens is 161 g/mol. The summed E-state index contributed by atoms with van der Waals surface area (Å²) in [6, 6.07) is -0.758. The first-order valence-electron chi connectivity index (χ1n) is 3.90. The molecular formula is C6H14BNO4. The average molecular weight is 175 g/mol. The van der Waals surface area contributed by atoms with Gasteiger partial charge in [0.05, 0.1) is 0 Å². The van der Waals surface area contributed by atoms with Crippen molar-refractivity contribution < 1.29 is 19.5 Å². The van der Waals surface area contributed by atoms with Crippen molar-refractivity contribution in [2.45, 2.75) is 32.2 Å². The number of hydrogen-bond acceptors (Lipinski definition) is 5. The third kappa shape index (κ3) is 5.12. The lowest BCUT2D eigenvalue weighted by molar-refractivity contribution is -0.138. The fourth-order valence-electron chi connectivity index (χ4n) is 0.733. The summed E-state index contributed by atoms with van der Waals surface area (Å²) in [5.74, 6) is -0.779. The minimum absolute atomic E-state index is 0.502. The van der Waals surface area contributed by atoms with Crippen LogP contribution in [-0.2, 0) is 9.45 Å². The Bertz CT molecular complexity index is 142. The molecule has 0 saturated heterocycles. The Labute approximate surface area is 71.7 Å². The maximum Gasteiger partial charge on any atom is 0.709 e. The van der Waals surface area contributed by atoms with Crippen molar-refractivity contribution in [3.8, 4) is 0 Å². The standard InChI is InChI=1S/C6H14BNO4/c1-2-3-4-5(8)6(9)12-7(10)11/h5,10-11H,2-4,8H2,1H3/t5-/m0/s1. The predicted octanol–water partition coefficient (Wildman–Crippen LogP) is -0.983. The van der Waals surface area contributed by atoms with E-state index in [9.17, 15) is 4.79 Å². The van der Waals surface area contributed by atoms with Gasteiger partial charge in [0.2, 0.25) is 0 Å². The summed E-state index contributed by atoms with van der Waals surface area (Å²) in [4.78, 5) is 10.8. The Balaban J connectivity index is 3.61. The number of hydrogen-bond donors (Lipinski definition) is 3. The van der Waals surface area contributed by atoms with Gasteiger partial charge in [0.15, 0.2) is 0 Å². The Morgan fingerprint density at radius 1 is 1.67 bits per heavy atom. The molecule has 12 heavy (non-hydrogen) atoms. The number of unbranched alkanes of at least 4 members (excludes halogenated alkanes) is 1. The van der Waals surface area contributed by atoms with Gasteiger partial charge in [-0.2, -0.15) is 0 Å². The number of nitrogens with two attached hydrogens (primary N) is 1. The molecule has 4 N–H and O–H groups in total. The molecule has 0 saturated carbocycles. The van der Waals surface area contributed by atoms with E-state index in [-0.39, 0.29) is 0 Å². The number of rotatable bonds is 5. The molecule has 0 aliphatic carbocycles. The topological polar surface area (TPSA) is 92.8 Å². The molecule has 0 aliphatic rings. The summed E-state index contributed by atoms with van der Waals surface area (Å²) in [7, 11) is -2.06. The largest absolute Gasteiger partial charge is 0.709 e. The lowest BCUT2D eigenvalue weighted by Gasteiger charge is -2.09. The first-order valence-corrected chi connectivity index (χ1v) is 3.90. The smallest absolute Gasteiger partial charge is 0.484 e. The molecule has 70 valence electrons. The monoisotopic (exact) mass is 175 g/mol. The second-order valence-corrected chi connectivity index (χ2v) is 2.51. The lowest BCUT2D eigenvalue weighted by Crippen LogP contribution is -2.36. The zero-order valence-corrected chi connectivity index (χ0v) is 7.06. The normalized spacial score (nSPS) is 12.3. The van der Waals surface area contributed by atoms with Crippen LogP contribution in [0.1, 0.15) is 26.2 Å². The highest BCUT2D eigenvalue weighted by molar-refractivity contribution is 6.35. The van der Waals surface area contributed by atoms with Gasteiger partial charge in [-0.15, -0.1) is 0 Å². The molecule has 0 aromatic carbocycles. The fourth-order valence-corrected chi connectivity index (χ4v) is 0.733. The van der Waals surface area contributed by atoms with Crippen molar-refractivity contribution >= 4 is 13.3 Å². The van der Waals surface area contributed by atoms with Crippen molar-refractivity contribution in [3.63, 3.8) is 0 Å². The van der Waals surface area contributed by atoms with Gasteiger partial charge in [-0.05, 0) is 6.42 Å². The van der Waals surface area contributed by atoms with E-state index in [1.54, 1.807) is 0 Å². The van der Waals surface area contributed by atoms with Gasteiger partial charge < -0.3 is 20.4 Å². The van der Waals surface area contributed by atoms with Crippen LogP contribution in [0.5, 0.6) is 0 Å². The Morgan fingerprint density at radius 2 is 2.25 bits per heavy atom. The molecule has 0 amide bonds. The van der Waals surface area contributed by atoms with Crippen molar-refractivity contribution in [2.24, 2.45) is 5.73 Å². The zero-order valence-electron chi connectivity index (χ0n) is 7.06. The lowest BCUT2D eigenvalue weighted by atomic mass is 10.1. The van der Waals surface area contributed by atoms with E-state index >= 15 is 0 Å².